The van der Waals surface area contributed by atoms with Crippen molar-refractivity contribution in [2.75, 3.05) is 13.1 Å². The molecule has 1 aromatic carbocycles. The van der Waals surface area contributed by atoms with Crippen molar-refractivity contribution in [3.8, 4) is 0 Å². The predicted octanol–water partition coefficient (Wildman–Crippen LogP) is 3.85. The molecule has 0 aliphatic heterocycles. The number of rotatable bonds is 5. The van der Waals surface area contributed by atoms with Crippen molar-refractivity contribution in [2.45, 2.75) is 26.7 Å². The van der Waals surface area contributed by atoms with E-state index >= 15 is 0 Å². The van der Waals surface area contributed by atoms with E-state index in [0.29, 0.717) is 16.6 Å². The third-order valence-electron chi connectivity index (χ3n) is 2.61. The number of amides is 1. The van der Waals surface area contributed by atoms with Crippen LogP contribution in [0.2, 0.25) is 0 Å². The summed E-state index contributed by atoms with van der Waals surface area (Å²) in [5, 5.41) is 0. The number of unbranched alkanes of at least 4 members (excludes halogenated alkanes) is 1. The molecule has 0 spiro atoms. The number of hydrogen-bond donors (Lipinski definition) is 0. The molecule has 0 saturated carbocycles. The zero-order valence-electron chi connectivity index (χ0n) is 10.2. The fraction of sp³-hybridized carbons (Fsp3) is 0.462. The number of halogens is 2. The maximum atomic E-state index is 13.1. The highest BCUT2D eigenvalue weighted by atomic mass is 79.9. The molecule has 0 atom stereocenters. The van der Waals surface area contributed by atoms with Gasteiger partial charge in [0.1, 0.15) is 5.82 Å². The van der Waals surface area contributed by atoms with Gasteiger partial charge in [0.25, 0.3) is 5.91 Å². The van der Waals surface area contributed by atoms with Crippen LogP contribution >= 0.6 is 15.9 Å². The molecular weight excluding hydrogens is 285 g/mol. The lowest BCUT2D eigenvalue weighted by molar-refractivity contribution is 0.0761. The molecule has 0 heterocycles. The molecule has 0 aliphatic carbocycles. The molecule has 1 amide bonds. The van der Waals surface area contributed by atoms with E-state index in [-0.39, 0.29) is 11.7 Å². The summed E-state index contributed by atoms with van der Waals surface area (Å²) in [6.07, 6.45) is 2.00. The summed E-state index contributed by atoms with van der Waals surface area (Å²) in [5.41, 5.74) is 0.392. The van der Waals surface area contributed by atoms with Crippen molar-refractivity contribution in [1.82, 2.24) is 4.90 Å². The van der Waals surface area contributed by atoms with Gasteiger partial charge in [-0.2, -0.15) is 0 Å². The van der Waals surface area contributed by atoms with E-state index in [1.54, 1.807) is 11.0 Å². The molecule has 17 heavy (non-hydrogen) atoms. The Morgan fingerprint density at radius 1 is 1.41 bits per heavy atom. The summed E-state index contributed by atoms with van der Waals surface area (Å²) >= 11 is 3.28. The van der Waals surface area contributed by atoms with Gasteiger partial charge >= 0.3 is 0 Å². The fourth-order valence-corrected chi connectivity index (χ4v) is 2.00. The largest absolute Gasteiger partial charge is 0.339 e. The first kappa shape index (κ1) is 14.2. The van der Waals surface area contributed by atoms with Gasteiger partial charge in [-0.3, -0.25) is 4.79 Å². The summed E-state index contributed by atoms with van der Waals surface area (Å²) in [7, 11) is 0. The van der Waals surface area contributed by atoms with Crippen molar-refractivity contribution in [1.29, 1.82) is 0 Å². The van der Waals surface area contributed by atoms with Gasteiger partial charge in [-0.15, -0.1) is 0 Å². The molecule has 2 nitrogen and oxygen atoms in total. The van der Waals surface area contributed by atoms with Gasteiger partial charge in [0.2, 0.25) is 0 Å². The molecule has 0 radical (unpaired) electrons. The molecule has 0 N–H and O–H groups in total. The van der Waals surface area contributed by atoms with Gasteiger partial charge in [-0.25, -0.2) is 4.39 Å². The van der Waals surface area contributed by atoms with Crippen molar-refractivity contribution >= 4 is 21.8 Å². The first-order valence-corrected chi connectivity index (χ1v) is 6.63. The van der Waals surface area contributed by atoms with E-state index in [1.165, 1.54) is 12.1 Å². The second-order valence-corrected chi connectivity index (χ2v) is 4.72. The van der Waals surface area contributed by atoms with Crippen LogP contribution in [0.5, 0.6) is 0 Å². The summed E-state index contributed by atoms with van der Waals surface area (Å²) in [6, 6.07) is 4.18. The third-order valence-corrected chi connectivity index (χ3v) is 3.30. The second-order valence-electron chi connectivity index (χ2n) is 3.86. The summed E-state index contributed by atoms with van der Waals surface area (Å²) < 4.78 is 13.8. The molecule has 0 saturated heterocycles. The van der Waals surface area contributed by atoms with Gasteiger partial charge in [-0.1, -0.05) is 13.3 Å². The number of nitrogens with zero attached hydrogens (tertiary/aromatic N) is 1. The molecular formula is C13H17BrFNO. The number of hydrogen-bond acceptors (Lipinski definition) is 1. The van der Waals surface area contributed by atoms with Gasteiger partial charge < -0.3 is 4.90 Å². The average Bonchev–Trinajstić information content (AvgIpc) is 2.33. The van der Waals surface area contributed by atoms with Crippen LogP contribution in [0, 0.1) is 5.82 Å². The van der Waals surface area contributed by atoms with E-state index < -0.39 is 0 Å². The standard InChI is InChI=1S/C13H17BrFNO/c1-3-5-8-16(4-2)13(17)11-9-10(15)6-7-12(11)14/h6-7,9H,3-5,8H2,1-2H3. The summed E-state index contributed by atoms with van der Waals surface area (Å²) in [6.45, 7) is 5.37. The lowest BCUT2D eigenvalue weighted by Crippen LogP contribution is -2.32. The lowest BCUT2D eigenvalue weighted by atomic mass is 10.2. The van der Waals surface area contributed by atoms with Gasteiger partial charge in [-0.05, 0) is 47.5 Å². The van der Waals surface area contributed by atoms with Crippen LogP contribution in [0.15, 0.2) is 22.7 Å². The highest BCUT2D eigenvalue weighted by Crippen LogP contribution is 2.19. The van der Waals surface area contributed by atoms with Crippen LogP contribution in [-0.4, -0.2) is 23.9 Å². The van der Waals surface area contributed by atoms with Crippen LogP contribution in [0.1, 0.15) is 37.0 Å². The molecule has 0 unspecified atom stereocenters. The lowest BCUT2D eigenvalue weighted by Gasteiger charge is -2.21. The van der Waals surface area contributed by atoms with E-state index in [4.69, 9.17) is 0 Å². The first-order valence-electron chi connectivity index (χ1n) is 5.84. The van der Waals surface area contributed by atoms with E-state index in [0.717, 1.165) is 19.4 Å². The monoisotopic (exact) mass is 301 g/mol. The average molecular weight is 302 g/mol. The number of benzene rings is 1. The predicted molar refractivity (Wildman–Crippen MR) is 70.6 cm³/mol. The summed E-state index contributed by atoms with van der Waals surface area (Å²) in [4.78, 5) is 13.9. The third kappa shape index (κ3) is 3.80. The number of carbonyl (C=O) groups excluding carboxylic acids is 1. The Morgan fingerprint density at radius 3 is 2.71 bits per heavy atom. The minimum atomic E-state index is -0.386. The Bertz CT molecular complexity index is 395. The van der Waals surface area contributed by atoms with Crippen LogP contribution in [0.25, 0.3) is 0 Å². The molecule has 94 valence electrons. The molecule has 4 heteroatoms. The second kappa shape index (κ2) is 6.74. The smallest absolute Gasteiger partial charge is 0.255 e. The number of carbonyl (C=O) groups is 1. The van der Waals surface area contributed by atoms with Gasteiger partial charge in [0.05, 0.1) is 5.56 Å². The zero-order chi connectivity index (χ0) is 12.8. The van der Waals surface area contributed by atoms with Crippen molar-refractivity contribution in [3.63, 3.8) is 0 Å². The van der Waals surface area contributed by atoms with Gasteiger partial charge in [0.15, 0.2) is 0 Å². The van der Waals surface area contributed by atoms with E-state index in [2.05, 4.69) is 22.9 Å². The Labute approximate surface area is 110 Å². The molecule has 0 fully saturated rings. The fourth-order valence-electron chi connectivity index (χ4n) is 1.58. The Kier molecular flexibility index (Phi) is 5.62. The zero-order valence-corrected chi connectivity index (χ0v) is 11.8. The van der Waals surface area contributed by atoms with Crippen LogP contribution in [0.4, 0.5) is 4.39 Å². The topological polar surface area (TPSA) is 20.3 Å². The van der Waals surface area contributed by atoms with Crippen LogP contribution < -0.4 is 0 Å². The van der Waals surface area contributed by atoms with E-state index in [1.807, 2.05) is 6.92 Å². The molecule has 0 bridgehead atoms. The highest BCUT2D eigenvalue weighted by molar-refractivity contribution is 9.10. The quantitative estimate of drug-likeness (QED) is 0.809. The molecule has 0 aromatic heterocycles. The van der Waals surface area contributed by atoms with Crippen molar-refractivity contribution in [2.24, 2.45) is 0 Å². The Balaban J connectivity index is 2.89. The van der Waals surface area contributed by atoms with Crippen LogP contribution in [0.3, 0.4) is 0 Å². The minimum Gasteiger partial charge on any atom is -0.339 e. The molecule has 0 aliphatic rings. The highest BCUT2D eigenvalue weighted by Gasteiger charge is 2.16. The maximum Gasteiger partial charge on any atom is 0.255 e. The van der Waals surface area contributed by atoms with E-state index in [9.17, 15) is 9.18 Å². The Morgan fingerprint density at radius 2 is 2.12 bits per heavy atom. The minimum absolute atomic E-state index is 0.118. The van der Waals surface area contributed by atoms with Crippen LogP contribution in [-0.2, 0) is 0 Å². The van der Waals surface area contributed by atoms with Crippen molar-refractivity contribution < 1.29 is 9.18 Å². The van der Waals surface area contributed by atoms with Crippen molar-refractivity contribution in [3.05, 3.63) is 34.1 Å². The summed E-state index contributed by atoms with van der Waals surface area (Å²) in [5.74, 6) is -0.504. The first-order chi connectivity index (χ1) is 8.10. The SMILES string of the molecule is CCCCN(CC)C(=O)c1cc(F)ccc1Br. The molecule has 1 rings (SSSR count). The Hall–Kier alpha value is -0.900. The molecule has 1 aromatic rings. The normalized spacial score (nSPS) is 10.4. The van der Waals surface area contributed by atoms with Gasteiger partial charge in [0, 0.05) is 17.6 Å². The maximum absolute atomic E-state index is 13.1.